The monoisotopic (exact) mass is 385 g/mol. The first-order valence-electron chi connectivity index (χ1n) is 8.46. The van der Waals surface area contributed by atoms with Crippen LogP contribution in [0.25, 0.3) is 0 Å². The summed E-state index contributed by atoms with van der Waals surface area (Å²) in [6.45, 7) is 3.52. The molecular weight excluding hydrogens is 363 g/mol. The minimum atomic E-state index is -4.39. The van der Waals surface area contributed by atoms with Gasteiger partial charge in [0.2, 0.25) is 5.91 Å². The van der Waals surface area contributed by atoms with Crippen LogP contribution in [0.5, 0.6) is 0 Å². The zero-order chi connectivity index (χ0) is 20.4. The lowest BCUT2D eigenvalue weighted by Gasteiger charge is -2.19. The summed E-state index contributed by atoms with van der Waals surface area (Å²) in [4.78, 5) is 38.5. The van der Waals surface area contributed by atoms with E-state index in [-0.39, 0.29) is 31.3 Å². The lowest BCUT2D eigenvalue weighted by molar-refractivity contribution is -0.137. The molecule has 0 atom stereocenters. The third-order valence-electron chi connectivity index (χ3n) is 4.34. The van der Waals surface area contributed by atoms with Crippen LogP contribution in [0.15, 0.2) is 24.3 Å². The number of nitrogens with zero attached hydrogens (tertiary/aromatic N) is 2. The van der Waals surface area contributed by atoms with Gasteiger partial charge < -0.3 is 10.2 Å². The molecule has 0 saturated carbocycles. The van der Waals surface area contributed by atoms with Crippen LogP contribution < -0.4 is 5.32 Å². The molecule has 27 heavy (non-hydrogen) atoms. The van der Waals surface area contributed by atoms with E-state index < -0.39 is 23.3 Å². The first-order chi connectivity index (χ1) is 12.4. The quantitative estimate of drug-likeness (QED) is 0.766. The predicted octanol–water partition coefficient (Wildman–Crippen LogP) is 2.77. The summed E-state index contributed by atoms with van der Waals surface area (Å²) >= 11 is 0. The molecule has 4 amide bonds. The number of halogens is 3. The van der Waals surface area contributed by atoms with Crippen LogP contribution in [-0.2, 0) is 22.3 Å². The highest BCUT2D eigenvalue weighted by Gasteiger charge is 2.43. The van der Waals surface area contributed by atoms with E-state index >= 15 is 0 Å². The molecule has 6 nitrogen and oxygen atoms in total. The molecule has 9 heteroatoms. The van der Waals surface area contributed by atoms with Gasteiger partial charge in [-0.15, -0.1) is 0 Å². The molecule has 0 unspecified atom stereocenters. The van der Waals surface area contributed by atoms with E-state index in [1.165, 1.54) is 17.0 Å². The second-order valence-electron chi connectivity index (χ2n) is 7.06. The van der Waals surface area contributed by atoms with Crippen LogP contribution in [0.1, 0.15) is 37.8 Å². The van der Waals surface area contributed by atoms with Gasteiger partial charge in [-0.2, -0.15) is 13.2 Å². The van der Waals surface area contributed by atoms with Gasteiger partial charge >= 0.3 is 12.2 Å². The summed E-state index contributed by atoms with van der Waals surface area (Å²) in [6.07, 6.45) is -3.96. The zero-order valence-electron chi connectivity index (χ0n) is 15.4. The molecule has 1 N–H and O–H groups in total. The van der Waals surface area contributed by atoms with Crippen molar-refractivity contribution in [3.05, 3.63) is 35.4 Å². The van der Waals surface area contributed by atoms with Gasteiger partial charge in [0.15, 0.2) is 0 Å². The number of imide groups is 1. The summed E-state index contributed by atoms with van der Waals surface area (Å²) in [5.74, 6) is -0.556. The molecule has 1 aromatic carbocycles. The fourth-order valence-electron chi connectivity index (χ4n) is 2.76. The number of nitrogens with one attached hydrogen (secondary N) is 1. The molecule has 0 radical (unpaired) electrons. The summed E-state index contributed by atoms with van der Waals surface area (Å²) in [7, 11) is 1.55. The molecule has 0 aliphatic carbocycles. The molecule has 1 fully saturated rings. The van der Waals surface area contributed by atoms with Crippen LogP contribution in [0.2, 0.25) is 0 Å². The Kier molecular flexibility index (Phi) is 5.82. The van der Waals surface area contributed by atoms with Gasteiger partial charge in [-0.05, 0) is 38.0 Å². The van der Waals surface area contributed by atoms with E-state index in [0.717, 1.165) is 17.0 Å². The number of urea groups is 1. The van der Waals surface area contributed by atoms with E-state index in [2.05, 4.69) is 5.32 Å². The number of carbonyl (C=O) groups excluding carboxylic acids is 3. The third kappa shape index (κ3) is 4.99. The van der Waals surface area contributed by atoms with Gasteiger partial charge in [0, 0.05) is 26.6 Å². The molecule has 1 heterocycles. The van der Waals surface area contributed by atoms with E-state index in [0.29, 0.717) is 12.0 Å². The van der Waals surface area contributed by atoms with Crippen molar-refractivity contribution in [1.82, 2.24) is 15.1 Å². The van der Waals surface area contributed by atoms with Gasteiger partial charge in [0.05, 0.1) is 5.56 Å². The van der Waals surface area contributed by atoms with E-state index in [1.807, 2.05) is 0 Å². The van der Waals surface area contributed by atoms with Crippen molar-refractivity contribution in [3.8, 4) is 0 Å². The average Bonchev–Trinajstić information content (AvgIpc) is 2.75. The van der Waals surface area contributed by atoms with Crippen molar-refractivity contribution in [2.75, 3.05) is 13.6 Å². The molecule has 148 valence electrons. The fraction of sp³-hybridized carbons (Fsp3) is 0.500. The number of rotatable bonds is 6. The van der Waals surface area contributed by atoms with Gasteiger partial charge in [0.1, 0.15) is 5.54 Å². The number of hydrogen-bond donors (Lipinski definition) is 1. The lowest BCUT2D eigenvalue weighted by Crippen LogP contribution is -2.40. The lowest BCUT2D eigenvalue weighted by atomic mass is 10.1. The molecule has 1 aromatic rings. The summed E-state index contributed by atoms with van der Waals surface area (Å²) in [5.41, 5.74) is -1.10. The van der Waals surface area contributed by atoms with Crippen molar-refractivity contribution in [3.63, 3.8) is 0 Å². The highest BCUT2D eigenvalue weighted by atomic mass is 19.4. The zero-order valence-corrected chi connectivity index (χ0v) is 15.4. The highest BCUT2D eigenvalue weighted by molar-refractivity contribution is 6.06. The Labute approximate surface area is 155 Å². The maximum atomic E-state index is 12.6. The predicted molar refractivity (Wildman–Crippen MR) is 91.5 cm³/mol. The second kappa shape index (κ2) is 7.58. The van der Waals surface area contributed by atoms with Crippen molar-refractivity contribution in [1.29, 1.82) is 0 Å². The van der Waals surface area contributed by atoms with Gasteiger partial charge in [-0.25, -0.2) is 4.79 Å². The average molecular weight is 385 g/mol. The topological polar surface area (TPSA) is 69.7 Å². The Morgan fingerprint density at radius 3 is 2.26 bits per heavy atom. The molecular formula is C18H22F3N3O3. The number of hydrogen-bond acceptors (Lipinski definition) is 3. The Morgan fingerprint density at radius 1 is 1.19 bits per heavy atom. The molecule has 1 aliphatic heterocycles. The largest absolute Gasteiger partial charge is 0.416 e. The van der Waals surface area contributed by atoms with E-state index in [9.17, 15) is 27.6 Å². The maximum absolute atomic E-state index is 12.6. The molecule has 1 saturated heterocycles. The minimum absolute atomic E-state index is 0.120. The molecule has 2 rings (SSSR count). The number of carbonyl (C=O) groups is 3. The van der Waals surface area contributed by atoms with Crippen LogP contribution in [0.4, 0.5) is 18.0 Å². The van der Waals surface area contributed by atoms with Gasteiger partial charge in [0.25, 0.3) is 5.91 Å². The van der Waals surface area contributed by atoms with Gasteiger partial charge in [-0.3, -0.25) is 14.5 Å². The van der Waals surface area contributed by atoms with Crippen LogP contribution in [0, 0.1) is 0 Å². The minimum Gasteiger partial charge on any atom is -0.341 e. The van der Waals surface area contributed by atoms with Crippen molar-refractivity contribution in [2.45, 2.75) is 44.9 Å². The number of amides is 4. The molecule has 0 bridgehead atoms. The summed E-state index contributed by atoms with van der Waals surface area (Å²) in [6, 6.07) is 4.15. The second-order valence-corrected chi connectivity index (χ2v) is 7.06. The first-order valence-corrected chi connectivity index (χ1v) is 8.46. The van der Waals surface area contributed by atoms with Crippen molar-refractivity contribution in [2.24, 2.45) is 0 Å². The fourth-order valence-corrected chi connectivity index (χ4v) is 2.76. The summed E-state index contributed by atoms with van der Waals surface area (Å²) in [5, 5.41) is 2.56. The highest BCUT2D eigenvalue weighted by Crippen LogP contribution is 2.29. The Bertz CT molecular complexity index is 730. The van der Waals surface area contributed by atoms with Gasteiger partial charge in [-0.1, -0.05) is 12.1 Å². The molecule has 0 aromatic heterocycles. The normalized spacial score (nSPS) is 16.4. The number of benzene rings is 1. The van der Waals surface area contributed by atoms with Crippen LogP contribution in [-0.4, -0.2) is 46.8 Å². The number of alkyl halides is 3. The molecule has 1 aliphatic rings. The Morgan fingerprint density at radius 2 is 1.78 bits per heavy atom. The van der Waals surface area contributed by atoms with Crippen LogP contribution >= 0.6 is 0 Å². The Balaban J connectivity index is 1.82. The van der Waals surface area contributed by atoms with E-state index in [4.69, 9.17) is 0 Å². The van der Waals surface area contributed by atoms with Crippen molar-refractivity contribution >= 4 is 17.8 Å². The molecule has 0 spiro atoms. The maximum Gasteiger partial charge on any atom is 0.416 e. The third-order valence-corrected chi connectivity index (χ3v) is 4.34. The van der Waals surface area contributed by atoms with E-state index in [1.54, 1.807) is 20.9 Å². The van der Waals surface area contributed by atoms with Crippen molar-refractivity contribution < 1.29 is 27.6 Å². The first kappa shape index (κ1) is 20.7. The summed E-state index contributed by atoms with van der Waals surface area (Å²) < 4.78 is 37.7. The van der Waals surface area contributed by atoms with Crippen LogP contribution in [0.3, 0.4) is 0 Å². The Hall–Kier alpha value is -2.58. The smallest absolute Gasteiger partial charge is 0.341 e. The SMILES string of the molecule is CN(Cc1ccc(C(F)(F)F)cc1)C(=O)CCCN1C(=O)NC(C)(C)C1=O. The standard InChI is InChI=1S/C18H22F3N3O3/c1-17(2)15(26)24(16(27)22-17)10-4-5-14(25)23(3)11-12-6-8-13(9-7-12)18(19,20)21/h6-9H,4-5,10-11H2,1-3H3,(H,22,27).